The molecule has 0 fully saturated rings. The Hall–Kier alpha value is -8.34. The summed E-state index contributed by atoms with van der Waals surface area (Å²) in [5.74, 6) is 0. The molecule has 13 aromatic rings. The Labute approximate surface area is 357 Å². The molecule has 10 aromatic carbocycles. The van der Waals surface area contributed by atoms with Crippen molar-refractivity contribution < 1.29 is 4.42 Å². The number of benzene rings is 10. The molecule has 0 aliphatic rings. The molecule has 0 spiro atoms. The smallest absolute Gasteiger partial charge is 0.137 e. The molecule has 0 atom stereocenters. The van der Waals surface area contributed by atoms with Gasteiger partial charge in [0.1, 0.15) is 11.2 Å². The lowest BCUT2D eigenvalue weighted by molar-refractivity contribution is 0.669. The van der Waals surface area contributed by atoms with Gasteiger partial charge in [0.2, 0.25) is 0 Å². The molecule has 0 radical (unpaired) electrons. The van der Waals surface area contributed by atoms with Crippen molar-refractivity contribution >= 4 is 93.4 Å². The van der Waals surface area contributed by atoms with E-state index in [1.807, 2.05) is 0 Å². The average molecular weight is 792 g/mol. The first-order valence-corrected chi connectivity index (χ1v) is 21.2. The van der Waals surface area contributed by atoms with Gasteiger partial charge >= 0.3 is 0 Å². The third-order valence-electron chi connectivity index (χ3n) is 12.7. The van der Waals surface area contributed by atoms with E-state index in [4.69, 9.17) is 4.42 Å². The van der Waals surface area contributed by atoms with E-state index >= 15 is 0 Å². The second kappa shape index (κ2) is 13.6. The standard InChI is InChI=1S/C58H37N3O/c1-2-16-42(17-3-1)60-51-23-11-8-20-47(51)57-52(24-12-25-53(57)60)59(43-32-30-39(31-33-43)41-29-28-38-14-4-5-15-40(38)36-41)44-34-35-48-56(37-44)62-55-27-13-26-54(58(48)55)61-49-21-9-6-18-45(49)46-19-7-10-22-50(46)61/h1-37H. The summed E-state index contributed by atoms with van der Waals surface area (Å²) in [5.41, 5.74) is 14.1. The highest BCUT2D eigenvalue weighted by Gasteiger charge is 2.23. The molecule has 4 heteroatoms. The maximum atomic E-state index is 6.87. The molecule has 13 rings (SSSR count). The number of fused-ring (bicyclic) bond motifs is 10. The van der Waals surface area contributed by atoms with Crippen LogP contribution in [0.25, 0.3) is 98.8 Å². The van der Waals surface area contributed by atoms with Crippen LogP contribution in [0.15, 0.2) is 229 Å². The first-order valence-electron chi connectivity index (χ1n) is 21.2. The topological polar surface area (TPSA) is 26.2 Å². The van der Waals surface area contributed by atoms with E-state index < -0.39 is 0 Å². The van der Waals surface area contributed by atoms with Crippen LogP contribution in [0.4, 0.5) is 17.1 Å². The number of aromatic nitrogens is 2. The van der Waals surface area contributed by atoms with Crippen LogP contribution >= 0.6 is 0 Å². The second-order valence-electron chi connectivity index (χ2n) is 16.1. The van der Waals surface area contributed by atoms with Gasteiger partial charge in [-0.2, -0.15) is 0 Å². The molecular formula is C58H37N3O. The van der Waals surface area contributed by atoms with Crippen molar-refractivity contribution in [3.05, 3.63) is 224 Å². The lowest BCUT2D eigenvalue weighted by atomic mass is 10.0. The van der Waals surface area contributed by atoms with Gasteiger partial charge in [-0.05, 0) is 107 Å². The van der Waals surface area contributed by atoms with Gasteiger partial charge in [0.05, 0.1) is 38.8 Å². The van der Waals surface area contributed by atoms with Crippen molar-refractivity contribution in [3.63, 3.8) is 0 Å². The summed E-state index contributed by atoms with van der Waals surface area (Å²) in [6.07, 6.45) is 0. The Morgan fingerprint density at radius 2 is 0.952 bits per heavy atom. The van der Waals surface area contributed by atoms with Gasteiger partial charge in [0.25, 0.3) is 0 Å². The van der Waals surface area contributed by atoms with E-state index in [9.17, 15) is 0 Å². The van der Waals surface area contributed by atoms with Crippen molar-refractivity contribution in [1.29, 1.82) is 0 Å². The van der Waals surface area contributed by atoms with E-state index in [2.05, 4.69) is 238 Å². The predicted octanol–water partition coefficient (Wildman–Crippen LogP) is 16.1. The third-order valence-corrected chi connectivity index (χ3v) is 12.7. The Morgan fingerprint density at radius 1 is 0.339 bits per heavy atom. The molecule has 3 aromatic heterocycles. The van der Waals surface area contributed by atoms with Gasteiger partial charge < -0.3 is 18.5 Å². The first-order chi connectivity index (χ1) is 30.8. The highest BCUT2D eigenvalue weighted by atomic mass is 16.3. The zero-order valence-electron chi connectivity index (χ0n) is 33.6. The Morgan fingerprint density at radius 3 is 1.73 bits per heavy atom. The fraction of sp³-hybridized carbons (Fsp3) is 0. The monoisotopic (exact) mass is 791 g/mol. The maximum Gasteiger partial charge on any atom is 0.137 e. The van der Waals surface area contributed by atoms with Crippen molar-refractivity contribution in [3.8, 4) is 22.5 Å². The fourth-order valence-corrected chi connectivity index (χ4v) is 9.94. The molecule has 0 amide bonds. The van der Waals surface area contributed by atoms with Gasteiger partial charge in [0, 0.05) is 50.1 Å². The van der Waals surface area contributed by atoms with E-state index in [-0.39, 0.29) is 0 Å². The molecule has 0 N–H and O–H groups in total. The number of anilines is 3. The maximum absolute atomic E-state index is 6.87. The Kier molecular flexibility index (Phi) is 7.57. The molecule has 0 aliphatic heterocycles. The van der Waals surface area contributed by atoms with Gasteiger partial charge in [-0.15, -0.1) is 0 Å². The molecule has 0 unspecified atom stereocenters. The highest BCUT2D eigenvalue weighted by Crippen LogP contribution is 2.46. The summed E-state index contributed by atoms with van der Waals surface area (Å²) in [4.78, 5) is 2.40. The van der Waals surface area contributed by atoms with Gasteiger partial charge in [-0.25, -0.2) is 0 Å². The van der Waals surface area contributed by atoms with E-state index in [1.165, 1.54) is 54.5 Å². The van der Waals surface area contributed by atoms with E-state index in [0.717, 1.165) is 61.4 Å². The summed E-state index contributed by atoms with van der Waals surface area (Å²) in [6.45, 7) is 0. The lowest BCUT2D eigenvalue weighted by Gasteiger charge is -2.27. The first kappa shape index (κ1) is 34.5. The van der Waals surface area contributed by atoms with Crippen LogP contribution in [0.1, 0.15) is 0 Å². The molecule has 3 heterocycles. The number of para-hydroxylation sites is 4. The number of nitrogens with zero attached hydrogens (tertiary/aromatic N) is 3. The summed E-state index contributed by atoms with van der Waals surface area (Å²) in [6, 6.07) is 80.9. The minimum atomic E-state index is 0.836. The van der Waals surface area contributed by atoms with Crippen molar-refractivity contribution in [2.45, 2.75) is 0 Å². The van der Waals surface area contributed by atoms with Gasteiger partial charge in [-0.1, -0.05) is 133 Å². The van der Waals surface area contributed by atoms with Crippen molar-refractivity contribution in [2.75, 3.05) is 4.90 Å². The molecule has 0 saturated carbocycles. The van der Waals surface area contributed by atoms with E-state index in [0.29, 0.717) is 0 Å². The minimum absolute atomic E-state index is 0.836. The molecule has 0 saturated heterocycles. The predicted molar refractivity (Wildman–Crippen MR) is 260 cm³/mol. The lowest BCUT2D eigenvalue weighted by Crippen LogP contribution is -2.10. The van der Waals surface area contributed by atoms with E-state index in [1.54, 1.807) is 0 Å². The zero-order chi connectivity index (χ0) is 40.7. The Balaban J connectivity index is 1.03. The average Bonchev–Trinajstić information content (AvgIpc) is 4.00. The number of hydrogen-bond donors (Lipinski definition) is 0. The quantitative estimate of drug-likeness (QED) is 0.168. The molecule has 290 valence electrons. The zero-order valence-corrected chi connectivity index (χ0v) is 33.6. The third kappa shape index (κ3) is 5.20. The van der Waals surface area contributed by atoms with Crippen LogP contribution in [-0.4, -0.2) is 9.13 Å². The summed E-state index contributed by atoms with van der Waals surface area (Å²) in [5, 5.41) is 9.50. The number of hydrogen-bond acceptors (Lipinski definition) is 2. The van der Waals surface area contributed by atoms with Gasteiger partial charge in [-0.3, -0.25) is 0 Å². The molecular weight excluding hydrogens is 755 g/mol. The number of rotatable bonds is 6. The summed E-state index contributed by atoms with van der Waals surface area (Å²) in [7, 11) is 0. The molecule has 0 aliphatic carbocycles. The van der Waals surface area contributed by atoms with Crippen LogP contribution in [0.2, 0.25) is 0 Å². The summed E-state index contributed by atoms with van der Waals surface area (Å²) >= 11 is 0. The van der Waals surface area contributed by atoms with Crippen LogP contribution in [-0.2, 0) is 0 Å². The summed E-state index contributed by atoms with van der Waals surface area (Å²) < 4.78 is 11.6. The van der Waals surface area contributed by atoms with Crippen LogP contribution < -0.4 is 4.90 Å². The minimum Gasteiger partial charge on any atom is -0.456 e. The molecule has 0 bridgehead atoms. The van der Waals surface area contributed by atoms with Crippen LogP contribution in [0, 0.1) is 0 Å². The second-order valence-corrected chi connectivity index (χ2v) is 16.1. The largest absolute Gasteiger partial charge is 0.456 e. The van der Waals surface area contributed by atoms with Crippen molar-refractivity contribution in [2.24, 2.45) is 0 Å². The normalized spacial score (nSPS) is 11.9. The van der Waals surface area contributed by atoms with Crippen LogP contribution in [0.5, 0.6) is 0 Å². The highest BCUT2D eigenvalue weighted by molar-refractivity contribution is 6.18. The number of furan rings is 1. The SMILES string of the molecule is c1ccc(-n2c3ccccc3c3c(N(c4ccc(-c5ccc6ccccc6c5)cc4)c4ccc5c(c4)oc4cccc(-n6c7ccccc7c7ccccc76)c45)cccc32)cc1. The van der Waals surface area contributed by atoms with Crippen LogP contribution in [0.3, 0.4) is 0 Å². The Bertz CT molecular complexity index is 3820. The van der Waals surface area contributed by atoms with Crippen molar-refractivity contribution in [1.82, 2.24) is 9.13 Å². The molecule has 62 heavy (non-hydrogen) atoms. The molecule has 4 nitrogen and oxygen atoms in total. The van der Waals surface area contributed by atoms with Gasteiger partial charge in [0.15, 0.2) is 0 Å². The fourth-order valence-electron chi connectivity index (χ4n) is 9.94.